The molecule has 2 nitrogen and oxygen atoms in total. The number of ketones is 2. The highest BCUT2D eigenvalue weighted by atomic mass is 16.2. The fourth-order valence-electron chi connectivity index (χ4n) is 3.58. The second-order valence-corrected chi connectivity index (χ2v) is 6.28. The second kappa shape index (κ2) is 6.84. The van der Waals surface area contributed by atoms with Gasteiger partial charge in [0.1, 0.15) is 17.0 Å². The van der Waals surface area contributed by atoms with E-state index in [9.17, 15) is 9.59 Å². The van der Waals surface area contributed by atoms with E-state index in [2.05, 4.69) is 11.8 Å². The number of carbonyl (C=O) groups is 2. The fraction of sp³-hybridized carbons (Fsp3) is 0.273. The average molecular weight is 316 g/mol. The van der Waals surface area contributed by atoms with Gasteiger partial charge in [0.25, 0.3) is 0 Å². The summed E-state index contributed by atoms with van der Waals surface area (Å²) in [5.74, 6) is 5.99. The van der Waals surface area contributed by atoms with Gasteiger partial charge in [-0.2, -0.15) is 0 Å². The number of Topliss-reactive ketones (excluding diaryl/α,β-unsaturated/α-hetero) is 2. The van der Waals surface area contributed by atoms with Crippen LogP contribution >= 0.6 is 0 Å². The molecule has 1 fully saturated rings. The number of hydrogen-bond acceptors (Lipinski definition) is 2. The van der Waals surface area contributed by atoms with E-state index in [1.165, 1.54) is 6.92 Å². The molecule has 2 atom stereocenters. The van der Waals surface area contributed by atoms with Gasteiger partial charge in [-0.25, -0.2) is 0 Å². The summed E-state index contributed by atoms with van der Waals surface area (Å²) in [4.78, 5) is 25.2. The normalized spacial score (nSPS) is 21.0. The summed E-state index contributed by atoms with van der Waals surface area (Å²) >= 11 is 0. The molecule has 3 rings (SSSR count). The third-order valence-corrected chi connectivity index (χ3v) is 4.86. The quantitative estimate of drug-likeness (QED) is 0.630. The van der Waals surface area contributed by atoms with E-state index >= 15 is 0 Å². The van der Waals surface area contributed by atoms with Crippen LogP contribution in [0.15, 0.2) is 60.7 Å². The monoisotopic (exact) mass is 316 g/mol. The Hall–Kier alpha value is -2.66. The van der Waals surface area contributed by atoms with E-state index in [-0.39, 0.29) is 11.6 Å². The van der Waals surface area contributed by atoms with E-state index in [4.69, 9.17) is 0 Å². The molecular formula is C22H20O2. The summed E-state index contributed by atoms with van der Waals surface area (Å²) in [6.07, 6.45) is 1.81. The van der Waals surface area contributed by atoms with Gasteiger partial charge in [-0.3, -0.25) is 9.59 Å². The Labute approximate surface area is 142 Å². The van der Waals surface area contributed by atoms with Crippen LogP contribution in [-0.2, 0) is 9.59 Å². The molecule has 0 radical (unpaired) electrons. The lowest BCUT2D eigenvalue weighted by Gasteiger charge is -2.31. The molecule has 24 heavy (non-hydrogen) atoms. The zero-order valence-corrected chi connectivity index (χ0v) is 13.8. The Balaban J connectivity index is 2.11. The maximum absolute atomic E-state index is 12.7. The Morgan fingerprint density at radius 3 is 2.21 bits per heavy atom. The molecule has 0 aromatic heterocycles. The fourth-order valence-corrected chi connectivity index (χ4v) is 3.58. The van der Waals surface area contributed by atoms with Crippen molar-refractivity contribution in [2.45, 2.75) is 32.1 Å². The number of benzene rings is 2. The van der Waals surface area contributed by atoms with Gasteiger partial charge in [-0.05, 0) is 37.5 Å². The van der Waals surface area contributed by atoms with E-state index < -0.39 is 11.3 Å². The van der Waals surface area contributed by atoms with E-state index in [0.717, 1.165) is 17.5 Å². The zero-order valence-electron chi connectivity index (χ0n) is 13.8. The van der Waals surface area contributed by atoms with Crippen molar-refractivity contribution in [3.63, 3.8) is 0 Å². The van der Waals surface area contributed by atoms with Gasteiger partial charge in [0, 0.05) is 12.0 Å². The van der Waals surface area contributed by atoms with Crippen molar-refractivity contribution in [2.24, 2.45) is 5.41 Å². The predicted molar refractivity (Wildman–Crippen MR) is 94.5 cm³/mol. The van der Waals surface area contributed by atoms with Gasteiger partial charge < -0.3 is 0 Å². The SMILES string of the molecule is CC(=O)C1(C(C#Cc2ccccc2)c2ccccc2)CCCC1=O. The smallest absolute Gasteiger partial charge is 0.148 e. The van der Waals surface area contributed by atoms with Crippen LogP contribution in [0.3, 0.4) is 0 Å². The van der Waals surface area contributed by atoms with Gasteiger partial charge >= 0.3 is 0 Å². The summed E-state index contributed by atoms with van der Waals surface area (Å²) < 4.78 is 0. The number of rotatable bonds is 3. The van der Waals surface area contributed by atoms with Crippen molar-refractivity contribution < 1.29 is 9.59 Å². The largest absolute Gasteiger partial charge is 0.299 e. The summed E-state index contributed by atoms with van der Waals surface area (Å²) in [6.45, 7) is 1.53. The number of hydrogen-bond donors (Lipinski definition) is 0. The van der Waals surface area contributed by atoms with Crippen molar-refractivity contribution in [3.05, 3.63) is 71.8 Å². The van der Waals surface area contributed by atoms with Crippen LogP contribution < -0.4 is 0 Å². The lowest BCUT2D eigenvalue weighted by Crippen LogP contribution is -2.39. The molecule has 2 heteroatoms. The molecular weight excluding hydrogens is 296 g/mol. The van der Waals surface area contributed by atoms with Crippen molar-refractivity contribution in [2.75, 3.05) is 0 Å². The minimum absolute atomic E-state index is 0.0335. The first-order valence-electron chi connectivity index (χ1n) is 8.30. The van der Waals surface area contributed by atoms with Crippen LogP contribution in [-0.4, -0.2) is 11.6 Å². The van der Waals surface area contributed by atoms with Crippen LogP contribution in [0.25, 0.3) is 0 Å². The molecule has 2 unspecified atom stereocenters. The average Bonchev–Trinajstić information content (AvgIpc) is 3.00. The molecule has 0 heterocycles. The van der Waals surface area contributed by atoms with Crippen molar-refractivity contribution in [1.29, 1.82) is 0 Å². The molecule has 0 amide bonds. The van der Waals surface area contributed by atoms with Gasteiger partial charge in [-0.1, -0.05) is 60.4 Å². The van der Waals surface area contributed by atoms with Gasteiger partial charge in [-0.15, -0.1) is 0 Å². The minimum Gasteiger partial charge on any atom is -0.299 e. The molecule has 0 spiro atoms. The van der Waals surface area contributed by atoms with Gasteiger partial charge in [0.2, 0.25) is 0 Å². The van der Waals surface area contributed by atoms with Crippen LogP contribution in [0.1, 0.15) is 43.2 Å². The van der Waals surface area contributed by atoms with Crippen LogP contribution in [0.2, 0.25) is 0 Å². The first kappa shape index (κ1) is 16.2. The van der Waals surface area contributed by atoms with Crippen molar-refractivity contribution in [3.8, 4) is 11.8 Å². The zero-order chi connectivity index (χ0) is 17.0. The molecule has 120 valence electrons. The Kier molecular flexibility index (Phi) is 4.62. The highest BCUT2D eigenvalue weighted by Crippen LogP contribution is 2.47. The third-order valence-electron chi connectivity index (χ3n) is 4.86. The number of carbonyl (C=O) groups excluding carboxylic acids is 2. The summed E-state index contributed by atoms with van der Waals surface area (Å²) in [5, 5.41) is 0. The Bertz CT molecular complexity index is 796. The Morgan fingerprint density at radius 1 is 1.04 bits per heavy atom. The van der Waals surface area contributed by atoms with Crippen molar-refractivity contribution >= 4 is 11.6 Å². The minimum atomic E-state index is -0.997. The molecule has 0 saturated heterocycles. The third kappa shape index (κ3) is 2.90. The second-order valence-electron chi connectivity index (χ2n) is 6.28. The summed E-state index contributed by atoms with van der Waals surface area (Å²) in [6, 6.07) is 19.4. The summed E-state index contributed by atoms with van der Waals surface area (Å²) in [5.41, 5.74) is 0.831. The van der Waals surface area contributed by atoms with E-state index in [1.807, 2.05) is 60.7 Å². The molecule has 0 aliphatic heterocycles. The standard InChI is InChI=1S/C22H20O2/c1-17(23)22(16-8-13-21(22)24)20(19-11-6-3-7-12-19)15-14-18-9-4-2-5-10-18/h2-7,9-12,20H,8,13,16H2,1H3. The first-order valence-corrected chi connectivity index (χ1v) is 8.30. The van der Waals surface area contributed by atoms with Crippen LogP contribution in [0.4, 0.5) is 0 Å². The molecule has 1 saturated carbocycles. The van der Waals surface area contributed by atoms with E-state index in [1.54, 1.807) is 0 Å². The lowest BCUT2D eigenvalue weighted by atomic mass is 9.68. The predicted octanol–water partition coefficient (Wildman–Crippen LogP) is 4.15. The first-order chi connectivity index (χ1) is 11.6. The topological polar surface area (TPSA) is 34.1 Å². The van der Waals surface area contributed by atoms with Crippen LogP contribution in [0.5, 0.6) is 0 Å². The van der Waals surface area contributed by atoms with E-state index in [0.29, 0.717) is 12.8 Å². The van der Waals surface area contributed by atoms with Gasteiger partial charge in [0.05, 0.1) is 5.92 Å². The van der Waals surface area contributed by atoms with Crippen LogP contribution in [0, 0.1) is 17.3 Å². The van der Waals surface area contributed by atoms with Crippen molar-refractivity contribution in [1.82, 2.24) is 0 Å². The molecule has 0 N–H and O–H groups in total. The molecule has 2 aromatic carbocycles. The maximum Gasteiger partial charge on any atom is 0.148 e. The molecule has 0 bridgehead atoms. The summed E-state index contributed by atoms with van der Waals surface area (Å²) in [7, 11) is 0. The molecule has 1 aliphatic rings. The highest BCUT2D eigenvalue weighted by Gasteiger charge is 2.52. The van der Waals surface area contributed by atoms with Gasteiger partial charge in [0.15, 0.2) is 0 Å². The molecule has 1 aliphatic carbocycles. The maximum atomic E-state index is 12.7. The lowest BCUT2D eigenvalue weighted by molar-refractivity contribution is -0.137. The Morgan fingerprint density at radius 2 is 1.67 bits per heavy atom. The highest BCUT2D eigenvalue weighted by molar-refractivity contribution is 6.08. The molecule has 2 aromatic rings.